The molecule has 4 unspecified atom stereocenters. The Hall–Kier alpha value is -0.900. The molecule has 0 saturated carbocycles. The van der Waals surface area contributed by atoms with Crippen molar-refractivity contribution in [3.63, 3.8) is 0 Å². The number of morpholine rings is 1. The molecule has 1 fully saturated rings. The molecule has 4 atom stereocenters. The fourth-order valence-corrected chi connectivity index (χ4v) is 3.55. The lowest BCUT2D eigenvalue weighted by atomic mass is 9.78. The van der Waals surface area contributed by atoms with Crippen LogP contribution in [0.2, 0.25) is 0 Å². The molecule has 0 bridgehead atoms. The molecular formula is C16H23NO2. The van der Waals surface area contributed by atoms with Crippen LogP contribution in [0, 0.1) is 0 Å². The largest absolute Gasteiger partial charge is 0.387 e. The zero-order valence-corrected chi connectivity index (χ0v) is 11.7. The molecule has 19 heavy (non-hydrogen) atoms. The van der Waals surface area contributed by atoms with Crippen molar-refractivity contribution in [3.8, 4) is 0 Å². The van der Waals surface area contributed by atoms with Gasteiger partial charge in [0.1, 0.15) is 0 Å². The lowest BCUT2D eigenvalue weighted by Gasteiger charge is -2.43. The molecule has 1 aliphatic heterocycles. The van der Waals surface area contributed by atoms with Crippen LogP contribution in [-0.2, 0) is 4.74 Å². The molecule has 0 aromatic heterocycles. The highest BCUT2D eigenvalue weighted by molar-refractivity contribution is 5.35. The fourth-order valence-electron chi connectivity index (χ4n) is 3.55. The summed E-state index contributed by atoms with van der Waals surface area (Å²) < 4.78 is 5.61. The van der Waals surface area contributed by atoms with Crippen LogP contribution in [0.25, 0.3) is 0 Å². The van der Waals surface area contributed by atoms with Gasteiger partial charge in [0.25, 0.3) is 0 Å². The Kier molecular flexibility index (Phi) is 3.61. The minimum Gasteiger partial charge on any atom is -0.387 e. The van der Waals surface area contributed by atoms with Gasteiger partial charge in [-0.2, -0.15) is 0 Å². The summed E-state index contributed by atoms with van der Waals surface area (Å²) in [5.41, 5.74) is 2.43. The smallest absolute Gasteiger partial charge is 0.0948 e. The molecule has 3 heteroatoms. The molecule has 1 saturated heterocycles. The number of fused-ring (bicyclic) bond motifs is 1. The predicted molar refractivity (Wildman–Crippen MR) is 75.2 cm³/mol. The first-order chi connectivity index (χ1) is 9.16. The first-order valence-corrected chi connectivity index (χ1v) is 7.29. The number of rotatable bonds is 1. The number of nitrogens with zero attached hydrogens (tertiary/aromatic N) is 1. The van der Waals surface area contributed by atoms with E-state index in [1.807, 2.05) is 6.07 Å². The number of hydrogen-bond acceptors (Lipinski definition) is 3. The Morgan fingerprint density at radius 1 is 1.21 bits per heavy atom. The lowest BCUT2D eigenvalue weighted by molar-refractivity contribution is -0.0641. The summed E-state index contributed by atoms with van der Waals surface area (Å²) in [5, 5.41) is 10.7. The van der Waals surface area contributed by atoms with E-state index in [4.69, 9.17) is 4.74 Å². The van der Waals surface area contributed by atoms with E-state index < -0.39 is 0 Å². The molecule has 104 valence electrons. The molecule has 2 aliphatic rings. The van der Waals surface area contributed by atoms with Crippen LogP contribution in [0.4, 0.5) is 0 Å². The third-order valence-corrected chi connectivity index (χ3v) is 4.55. The Morgan fingerprint density at radius 3 is 2.68 bits per heavy atom. The lowest BCUT2D eigenvalue weighted by Crippen LogP contribution is -2.50. The monoisotopic (exact) mass is 261 g/mol. The van der Waals surface area contributed by atoms with Gasteiger partial charge in [0, 0.05) is 19.1 Å². The van der Waals surface area contributed by atoms with Crippen LogP contribution in [0.5, 0.6) is 0 Å². The summed E-state index contributed by atoms with van der Waals surface area (Å²) in [4.78, 5) is 2.41. The van der Waals surface area contributed by atoms with Crippen LogP contribution in [0.15, 0.2) is 24.3 Å². The van der Waals surface area contributed by atoms with Gasteiger partial charge in [0.05, 0.1) is 18.8 Å². The Balaban J connectivity index is 1.85. The van der Waals surface area contributed by atoms with Crippen LogP contribution < -0.4 is 0 Å². The highest BCUT2D eigenvalue weighted by atomic mass is 16.5. The quantitative estimate of drug-likeness (QED) is 0.842. The number of ether oxygens (including phenoxy) is 1. The van der Waals surface area contributed by atoms with Crippen molar-refractivity contribution in [2.45, 2.75) is 44.4 Å². The molecule has 3 rings (SSSR count). The van der Waals surface area contributed by atoms with E-state index in [-0.39, 0.29) is 18.2 Å². The highest BCUT2D eigenvalue weighted by Crippen LogP contribution is 2.39. The molecule has 0 spiro atoms. The van der Waals surface area contributed by atoms with E-state index in [1.54, 1.807) is 0 Å². The molecule has 0 radical (unpaired) electrons. The second-order valence-electron chi connectivity index (χ2n) is 5.95. The maximum absolute atomic E-state index is 10.7. The van der Waals surface area contributed by atoms with E-state index in [2.05, 4.69) is 36.9 Å². The fraction of sp³-hybridized carbons (Fsp3) is 0.625. The molecule has 1 aromatic carbocycles. The minimum absolute atomic E-state index is 0.233. The highest BCUT2D eigenvalue weighted by Gasteiger charge is 2.36. The van der Waals surface area contributed by atoms with E-state index in [0.29, 0.717) is 5.92 Å². The molecule has 1 aromatic rings. The number of benzene rings is 1. The first-order valence-electron chi connectivity index (χ1n) is 7.29. The standard InChI is InChI=1S/C16H23NO2/c1-11-9-15(17-7-8-19-12(2)10-17)16(18)14-6-4-3-5-13(11)14/h3-6,11-12,15-16,18H,7-10H2,1-2H3. The maximum Gasteiger partial charge on any atom is 0.0948 e. The van der Waals surface area contributed by atoms with Gasteiger partial charge in [-0.25, -0.2) is 0 Å². The molecule has 1 aliphatic carbocycles. The van der Waals surface area contributed by atoms with Crippen molar-refractivity contribution < 1.29 is 9.84 Å². The van der Waals surface area contributed by atoms with E-state index in [9.17, 15) is 5.11 Å². The molecular weight excluding hydrogens is 238 g/mol. The van der Waals surface area contributed by atoms with Gasteiger partial charge in [-0.1, -0.05) is 31.2 Å². The normalized spacial score (nSPS) is 35.9. The predicted octanol–water partition coefficient (Wildman–Crippen LogP) is 2.32. The second kappa shape index (κ2) is 5.23. The summed E-state index contributed by atoms with van der Waals surface area (Å²) in [6.45, 7) is 7.01. The van der Waals surface area contributed by atoms with Crippen LogP contribution >= 0.6 is 0 Å². The zero-order chi connectivity index (χ0) is 13.4. The number of aliphatic hydroxyl groups excluding tert-OH is 1. The molecule has 1 heterocycles. The molecule has 0 amide bonds. The summed E-state index contributed by atoms with van der Waals surface area (Å²) in [6.07, 6.45) is 0.941. The summed E-state index contributed by atoms with van der Waals surface area (Å²) in [5.74, 6) is 0.516. The van der Waals surface area contributed by atoms with Crippen LogP contribution in [0.3, 0.4) is 0 Å². The number of aliphatic hydroxyl groups is 1. The van der Waals surface area contributed by atoms with Crippen molar-refractivity contribution in [3.05, 3.63) is 35.4 Å². The molecule has 1 N–H and O–H groups in total. The Morgan fingerprint density at radius 2 is 1.95 bits per heavy atom. The van der Waals surface area contributed by atoms with Gasteiger partial charge in [-0.15, -0.1) is 0 Å². The van der Waals surface area contributed by atoms with Crippen molar-refractivity contribution in [1.82, 2.24) is 4.90 Å². The van der Waals surface area contributed by atoms with Crippen molar-refractivity contribution in [2.75, 3.05) is 19.7 Å². The van der Waals surface area contributed by atoms with Crippen LogP contribution in [-0.4, -0.2) is 41.8 Å². The summed E-state index contributed by atoms with van der Waals surface area (Å²) >= 11 is 0. The summed E-state index contributed by atoms with van der Waals surface area (Å²) in [7, 11) is 0. The van der Waals surface area contributed by atoms with Crippen molar-refractivity contribution in [1.29, 1.82) is 0 Å². The van der Waals surface area contributed by atoms with Crippen LogP contribution in [0.1, 0.15) is 43.4 Å². The third kappa shape index (κ3) is 2.42. The molecule has 3 nitrogen and oxygen atoms in total. The SMILES string of the molecule is CC1CN(C2CC(C)c3ccccc3C2O)CCO1. The summed E-state index contributed by atoms with van der Waals surface area (Å²) in [6, 6.07) is 8.56. The third-order valence-electron chi connectivity index (χ3n) is 4.55. The van der Waals surface area contributed by atoms with Crippen molar-refractivity contribution >= 4 is 0 Å². The van der Waals surface area contributed by atoms with Gasteiger partial charge >= 0.3 is 0 Å². The van der Waals surface area contributed by atoms with Gasteiger partial charge in [0.15, 0.2) is 0 Å². The van der Waals surface area contributed by atoms with Gasteiger partial charge < -0.3 is 9.84 Å². The van der Waals surface area contributed by atoms with E-state index in [1.165, 1.54) is 5.56 Å². The van der Waals surface area contributed by atoms with Crippen molar-refractivity contribution in [2.24, 2.45) is 0 Å². The van der Waals surface area contributed by atoms with Gasteiger partial charge in [0.2, 0.25) is 0 Å². The van der Waals surface area contributed by atoms with E-state index in [0.717, 1.165) is 31.7 Å². The van der Waals surface area contributed by atoms with Gasteiger partial charge in [-0.05, 0) is 30.4 Å². The van der Waals surface area contributed by atoms with E-state index >= 15 is 0 Å². The maximum atomic E-state index is 10.7. The first kappa shape index (κ1) is 13.1. The second-order valence-corrected chi connectivity index (χ2v) is 5.95. The average molecular weight is 261 g/mol. The Labute approximate surface area is 115 Å². The van der Waals surface area contributed by atoms with Gasteiger partial charge in [-0.3, -0.25) is 4.90 Å². The topological polar surface area (TPSA) is 32.7 Å². The number of hydrogen-bond donors (Lipinski definition) is 1. The minimum atomic E-state index is -0.363. The zero-order valence-electron chi connectivity index (χ0n) is 11.7. The average Bonchev–Trinajstić information content (AvgIpc) is 2.43. The Bertz CT molecular complexity index is 448.